The Balaban J connectivity index is 0.000000331. The van der Waals surface area contributed by atoms with Gasteiger partial charge < -0.3 is 50.1 Å². The average molecular weight is 1240 g/mol. The van der Waals surface area contributed by atoms with Crippen molar-refractivity contribution in [2.75, 3.05) is 52.7 Å². The lowest BCUT2D eigenvalue weighted by Crippen LogP contribution is -2.50. The van der Waals surface area contributed by atoms with E-state index in [1.54, 1.807) is 24.6 Å². The van der Waals surface area contributed by atoms with Crippen LogP contribution in [0.1, 0.15) is 200 Å². The van der Waals surface area contributed by atoms with Gasteiger partial charge >= 0.3 is 24.1 Å². The molecule has 0 radical (unpaired) electrons. The number of para-hydroxylation sites is 1. The summed E-state index contributed by atoms with van der Waals surface area (Å²) in [6.45, 7) is 17.1. The van der Waals surface area contributed by atoms with Crippen LogP contribution in [-0.2, 0) is 71.3 Å². The molecule has 2 unspecified atom stereocenters. The van der Waals surface area contributed by atoms with Crippen LogP contribution in [0.2, 0.25) is 0 Å². The Bertz CT molecular complexity index is 2770. The van der Waals surface area contributed by atoms with E-state index in [0.29, 0.717) is 75.5 Å². The molecule has 7 amide bonds. The zero-order chi connectivity index (χ0) is 64.2. The molecule has 2 aromatic heterocycles. The number of alkyl carbamates (subject to hydrolysis) is 2. The molecule has 5 N–H and O–H groups in total. The minimum Gasteiger partial charge on any atom is -0.457 e. The van der Waals surface area contributed by atoms with Crippen molar-refractivity contribution in [2.45, 2.75) is 213 Å². The lowest BCUT2D eigenvalue weighted by atomic mass is 9.85. The number of fused-ring (bicyclic) bond motifs is 5. The molecule has 5 heterocycles. The van der Waals surface area contributed by atoms with Crippen LogP contribution in [0.25, 0.3) is 22.3 Å². The van der Waals surface area contributed by atoms with Crippen molar-refractivity contribution in [3.05, 3.63) is 63.4 Å². The number of aromatic nitrogens is 2. The van der Waals surface area contributed by atoms with Gasteiger partial charge in [-0.15, -0.1) is 0 Å². The van der Waals surface area contributed by atoms with E-state index in [-0.39, 0.29) is 77.5 Å². The third-order valence-electron chi connectivity index (χ3n) is 14.6. The van der Waals surface area contributed by atoms with Crippen molar-refractivity contribution in [1.29, 1.82) is 0 Å². The molecule has 0 saturated carbocycles. The van der Waals surface area contributed by atoms with Crippen LogP contribution >= 0.6 is 11.8 Å². The number of unbranched alkanes of at least 4 members (excludes halogenated alkanes) is 9. The number of nitrogens with one attached hydrogen (secondary N) is 5. The summed E-state index contributed by atoms with van der Waals surface area (Å²) >= 11 is 1.44. The first-order valence-corrected chi connectivity index (χ1v) is 32.7. The molecule has 0 aliphatic carbocycles. The van der Waals surface area contributed by atoms with E-state index in [2.05, 4.69) is 40.4 Å². The molecule has 6 rings (SSSR count). The predicted octanol–water partition coefficient (Wildman–Crippen LogP) is 9.41. The number of nitrogens with zero attached hydrogens (tertiary/aromatic N) is 3. The molecule has 1 aromatic carbocycles. The molecule has 0 spiro atoms. The summed E-state index contributed by atoms with van der Waals surface area (Å²) in [5.41, 5.74) is 1.37. The largest absolute Gasteiger partial charge is 0.457 e. The molecule has 3 aromatic rings. The zero-order valence-corrected chi connectivity index (χ0v) is 53.9. The monoisotopic (exact) mass is 1230 g/mol. The number of imide groups is 1. The molecular formula is C64H98N8O14S. The van der Waals surface area contributed by atoms with Gasteiger partial charge in [0.05, 0.1) is 47.5 Å². The molecular weight excluding hydrogens is 1140 g/mol. The fourth-order valence-electron chi connectivity index (χ4n) is 9.47. The second kappa shape index (κ2) is 41.2. The second-order valence-corrected chi connectivity index (χ2v) is 22.6. The molecule has 3 aliphatic rings. The van der Waals surface area contributed by atoms with Crippen LogP contribution < -0.4 is 32.1 Å². The van der Waals surface area contributed by atoms with Crippen LogP contribution in [-0.4, -0.2) is 132 Å². The van der Waals surface area contributed by atoms with Crippen molar-refractivity contribution in [2.24, 2.45) is 0 Å². The zero-order valence-electron chi connectivity index (χ0n) is 53.1. The maximum atomic E-state index is 13.6. The van der Waals surface area contributed by atoms with Crippen LogP contribution in [0.3, 0.4) is 0 Å². The number of hydrogen-bond donors (Lipinski definition) is 5. The maximum Gasteiger partial charge on any atom is 0.407 e. The van der Waals surface area contributed by atoms with Gasteiger partial charge in [-0.05, 0) is 95.6 Å². The van der Waals surface area contributed by atoms with Crippen LogP contribution in [0.15, 0.2) is 41.2 Å². The third kappa shape index (κ3) is 24.6. The van der Waals surface area contributed by atoms with Crippen LogP contribution in [0, 0.1) is 0 Å². The number of esters is 2. The van der Waals surface area contributed by atoms with Gasteiger partial charge in [-0.25, -0.2) is 24.2 Å². The van der Waals surface area contributed by atoms with E-state index in [1.807, 2.05) is 57.4 Å². The number of pyridine rings is 2. The second-order valence-electron chi connectivity index (χ2n) is 21.6. The molecule has 0 bridgehead atoms. The minimum atomic E-state index is -1.80. The Morgan fingerprint density at radius 2 is 1.36 bits per heavy atom. The minimum absolute atomic E-state index is 0.0526. The summed E-state index contributed by atoms with van der Waals surface area (Å²) in [7, 11) is 1.64. The Kier molecular flexibility index (Phi) is 35.1. The first kappa shape index (κ1) is 74.2. The van der Waals surface area contributed by atoms with Gasteiger partial charge in [0.25, 0.3) is 5.56 Å². The fourth-order valence-corrected chi connectivity index (χ4v) is 10.1. The van der Waals surface area contributed by atoms with Gasteiger partial charge in [0, 0.05) is 75.4 Å². The van der Waals surface area contributed by atoms with Gasteiger partial charge in [-0.2, -0.15) is 11.8 Å². The quantitative estimate of drug-likeness (QED) is 0.0132. The Hall–Kier alpha value is -7.04. The number of thioether (sulfide) groups is 1. The smallest absolute Gasteiger partial charge is 0.407 e. The molecule has 23 heteroatoms. The molecule has 1 fully saturated rings. The summed E-state index contributed by atoms with van der Waals surface area (Å²) < 4.78 is 22.7. The van der Waals surface area contributed by atoms with E-state index in [1.165, 1.54) is 36.4 Å². The lowest BCUT2D eigenvalue weighted by Gasteiger charge is -2.36. The highest BCUT2D eigenvalue weighted by molar-refractivity contribution is 8.00. The summed E-state index contributed by atoms with van der Waals surface area (Å²) in [5.74, 6) is -1.77. The van der Waals surface area contributed by atoms with Crippen molar-refractivity contribution < 1.29 is 62.1 Å². The Labute approximate surface area is 518 Å². The fraction of sp³-hybridized carbons (Fsp3) is 0.641. The standard InChI is InChI=1S/C27H27N3O6.C14H24N2O3S.C12H24N2O3.C11H23NO2/c1-4-8-22(31)28-15(3)25(33)36-27(5-2)19-12-21-23-17(11-16-9-6-7-10-20(16)29-23)13-30(21)24(32)18(19)14-35-26(27)34;1-3-8-15-12(17)7-5-4-6-9-16-13(18)10-11(20-2)14(16)19;1-3-4-10-17-12(16)14-9-7-5-6-8-11(15)13-2;1-3-5-7-8-10-14-11(13)12-9-6-4-2/h6-7,9-12,15H,4-5,8,13-14H2,1-3H3,(H,28,31);11H,3-10H2,1-2H3,(H,15,17);3-10H2,1-2H3,(H,13,15)(H,14,16);3-10H2,1-2H3,(H,12,13)/t15?,27-;;;/m0.../s1. The van der Waals surface area contributed by atoms with E-state index >= 15 is 0 Å². The Morgan fingerprint density at radius 1 is 0.713 bits per heavy atom. The van der Waals surface area contributed by atoms with Gasteiger partial charge in [-0.3, -0.25) is 33.7 Å². The summed E-state index contributed by atoms with van der Waals surface area (Å²) in [6, 6.07) is 10.5. The van der Waals surface area contributed by atoms with Crippen molar-refractivity contribution >= 4 is 76.3 Å². The molecule has 1 saturated heterocycles. The number of hydrogen-bond acceptors (Lipinski definition) is 16. The number of rotatable bonds is 32. The van der Waals surface area contributed by atoms with E-state index in [9.17, 15) is 47.9 Å². The van der Waals surface area contributed by atoms with Crippen molar-refractivity contribution in [3.63, 3.8) is 0 Å². The number of amides is 7. The SMILES string of the molecule is CCCC(=O)NC(C)C(=O)O[C@]1(CC)C(=O)OCc2c1cc1n(c2=O)Cc2cc3ccccc3nc2-1.CCCCCCOC(=O)NCCCC.CCCCOC(=O)NCCCCCC(=O)NC.CCCNC(=O)CCCCCN1C(=O)CC(SC)C1=O. The highest BCUT2D eigenvalue weighted by atomic mass is 32.2. The van der Waals surface area contributed by atoms with Gasteiger partial charge in [-0.1, -0.05) is 105 Å². The van der Waals surface area contributed by atoms with E-state index < -0.39 is 23.6 Å². The molecule has 87 heavy (non-hydrogen) atoms. The molecule has 3 atom stereocenters. The maximum absolute atomic E-state index is 13.6. The predicted molar refractivity (Wildman–Crippen MR) is 337 cm³/mol. The summed E-state index contributed by atoms with van der Waals surface area (Å²) in [4.78, 5) is 126. The first-order valence-electron chi connectivity index (χ1n) is 31.4. The highest BCUT2D eigenvalue weighted by Gasteiger charge is 2.51. The number of likely N-dealkylation sites (tertiary alicyclic amines) is 1. The topological polar surface area (TPSA) is 289 Å². The molecule has 3 aliphatic heterocycles. The lowest BCUT2D eigenvalue weighted by molar-refractivity contribution is -0.190. The van der Waals surface area contributed by atoms with Gasteiger partial charge in [0.15, 0.2) is 0 Å². The molecule has 484 valence electrons. The number of benzene rings is 1. The average Bonchev–Trinajstić information content (AvgIpc) is 1.75. The van der Waals surface area contributed by atoms with Gasteiger partial charge in [0.1, 0.15) is 12.6 Å². The first-order chi connectivity index (χ1) is 41.9. The Morgan fingerprint density at radius 3 is 1.99 bits per heavy atom. The number of carbonyl (C=O) groups excluding carboxylic acids is 9. The van der Waals surface area contributed by atoms with Crippen molar-refractivity contribution in [3.8, 4) is 11.4 Å². The van der Waals surface area contributed by atoms with E-state index in [4.69, 9.17) is 23.9 Å². The van der Waals surface area contributed by atoms with Crippen LogP contribution in [0.4, 0.5) is 9.59 Å². The number of carbonyl (C=O) groups is 9. The summed E-state index contributed by atoms with van der Waals surface area (Å²) in [5, 5.41) is 14.2. The highest BCUT2D eigenvalue weighted by Crippen LogP contribution is 2.41. The molecule has 22 nitrogen and oxygen atoms in total. The van der Waals surface area contributed by atoms with Crippen molar-refractivity contribution in [1.82, 2.24) is 41.0 Å². The normalized spacial score (nSPS) is 15.5. The van der Waals surface area contributed by atoms with Gasteiger partial charge in [0.2, 0.25) is 35.1 Å². The van der Waals surface area contributed by atoms with E-state index in [0.717, 1.165) is 113 Å². The van der Waals surface area contributed by atoms with Crippen LogP contribution in [0.5, 0.6) is 0 Å². The number of cyclic esters (lactones) is 1. The summed E-state index contributed by atoms with van der Waals surface area (Å²) in [6.07, 6.45) is 18.3. The number of ether oxygens (including phenoxy) is 4. The third-order valence-corrected chi connectivity index (χ3v) is 15.5.